The number of nitrogens with zero attached hydrogens (tertiary/aromatic N) is 2. The van der Waals surface area contributed by atoms with Crippen LogP contribution in [0.5, 0.6) is 5.75 Å². The first-order chi connectivity index (χ1) is 14.5. The van der Waals surface area contributed by atoms with Gasteiger partial charge in [0.15, 0.2) is 0 Å². The van der Waals surface area contributed by atoms with Crippen molar-refractivity contribution in [3.05, 3.63) is 60.0 Å². The second kappa shape index (κ2) is 9.45. The average molecular weight is 449 g/mol. The Kier molecular flexibility index (Phi) is 6.92. The van der Waals surface area contributed by atoms with E-state index in [1.807, 2.05) is 18.2 Å². The molecule has 3 N–H and O–H groups in total. The van der Waals surface area contributed by atoms with E-state index in [2.05, 4.69) is 15.3 Å². The van der Waals surface area contributed by atoms with E-state index < -0.39 is 12.2 Å². The minimum absolute atomic E-state index is 0. The van der Waals surface area contributed by atoms with Crippen LogP contribution in [0.4, 0.5) is 20.2 Å². The monoisotopic (exact) mass is 448 g/mol. The largest absolute Gasteiger partial charge is 0.489 e. The van der Waals surface area contributed by atoms with Crippen LogP contribution >= 0.6 is 12.4 Å². The molecule has 0 amide bonds. The van der Waals surface area contributed by atoms with Crippen molar-refractivity contribution in [2.45, 2.75) is 12.5 Å². The number of amidine groups is 1. The van der Waals surface area contributed by atoms with Crippen LogP contribution < -0.4 is 15.8 Å². The number of fused-ring (bicyclic) bond motifs is 1. The Morgan fingerprint density at radius 1 is 1.26 bits per heavy atom. The Morgan fingerprint density at radius 2 is 2.10 bits per heavy atom. The summed E-state index contributed by atoms with van der Waals surface area (Å²) in [5.74, 6) is 0.461. The van der Waals surface area contributed by atoms with Gasteiger partial charge in [-0.05, 0) is 37.3 Å². The molecule has 31 heavy (non-hydrogen) atoms. The molecule has 1 atom stereocenters. The molecule has 1 aromatic heterocycles. The van der Waals surface area contributed by atoms with Crippen LogP contribution in [0.3, 0.4) is 0 Å². The summed E-state index contributed by atoms with van der Waals surface area (Å²) < 4.78 is 37.7. The number of nitrogens with two attached hydrogens (primary N) is 1. The lowest BCUT2D eigenvalue weighted by Crippen LogP contribution is -2.38. The van der Waals surface area contributed by atoms with Crippen LogP contribution in [0.2, 0.25) is 0 Å². The molecule has 6 nitrogen and oxygen atoms in total. The molecule has 2 aromatic carbocycles. The first-order valence-electron chi connectivity index (χ1n) is 9.55. The molecular weight excluding hydrogens is 426 g/mol. The summed E-state index contributed by atoms with van der Waals surface area (Å²) in [5.41, 5.74) is 7.45. The van der Waals surface area contributed by atoms with Gasteiger partial charge in [0.05, 0.1) is 24.0 Å². The van der Waals surface area contributed by atoms with Gasteiger partial charge in [-0.1, -0.05) is 12.1 Å². The van der Waals surface area contributed by atoms with Gasteiger partial charge in [0, 0.05) is 16.6 Å². The molecule has 1 unspecified atom stereocenters. The molecule has 0 saturated heterocycles. The lowest BCUT2D eigenvalue weighted by Gasteiger charge is -2.30. The zero-order valence-corrected chi connectivity index (χ0v) is 17.7. The van der Waals surface area contributed by atoms with E-state index in [4.69, 9.17) is 15.2 Å². The molecule has 3 aromatic rings. The Bertz CT molecular complexity index is 1110. The number of aliphatic imine (C=N–C) groups is 1. The van der Waals surface area contributed by atoms with Crippen LogP contribution in [0, 0.1) is 5.82 Å². The highest BCUT2D eigenvalue weighted by Gasteiger charge is 2.32. The average Bonchev–Trinajstić information content (AvgIpc) is 2.73. The van der Waals surface area contributed by atoms with E-state index in [9.17, 15) is 8.78 Å². The van der Waals surface area contributed by atoms with E-state index in [0.717, 1.165) is 11.1 Å². The van der Waals surface area contributed by atoms with E-state index in [1.54, 1.807) is 31.3 Å². The topological polar surface area (TPSA) is 81.8 Å². The summed E-state index contributed by atoms with van der Waals surface area (Å²) >= 11 is 0. The van der Waals surface area contributed by atoms with Crippen molar-refractivity contribution in [1.29, 1.82) is 0 Å². The Labute approximate surface area is 184 Å². The quantitative estimate of drug-likeness (QED) is 0.580. The minimum atomic E-state index is -0.899. The van der Waals surface area contributed by atoms with Crippen LogP contribution in [-0.2, 0) is 10.3 Å². The summed E-state index contributed by atoms with van der Waals surface area (Å²) in [6.45, 7) is 1.70. The number of para-hydroxylation sites is 1. The first kappa shape index (κ1) is 22.7. The van der Waals surface area contributed by atoms with E-state index >= 15 is 0 Å². The van der Waals surface area contributed by atoms with Crippen molar-refractivity contribution in [2.75, 3.05) is 31.8 Å². The fraction of sp³-hybridized carbons (Fsp3) is 0.273. The van der Waals surface area contributed by atoms with Crippen molar-refractivity contribution in [1.82, 2.24) is 4.98 Å². The number of aromatic nitrogens is 1. The van der Waals surface area contributed by atoms with Crippen molar-refractivity contribution in [2.24, 2.45) is 10.7 Å². The maximum atomic E-state index is 14.6. The van der Waals surface area contributed by atoms with Crippen LogP contribution in [-0.4, -0.2) is 37.3 Å². The molecule has 0 saturated carbocycles. The lowest BCUT2D eigenvalue weighted by atomic mass is 9.91. The molecule has 1 aliphatic heterocycles. The molecule has 0 fully saturated rings. The third-order valence-electron chi connectivity index (χ3n) is 4.88. The van der Waals surface area contributed by atoms with Gasteiger partial charge in [-0.3, -0.25) is 9.98 Å². The highest BCUT2D eigenvalue weighted by Crippen LogP contribution is 2.34. The van der Waals surface area contributed by atoms with Gasteiger partial charge in [-0.25, -0.2) is 8.78 Å². The van der Waals surface area contributed by atoms with Crippen LogP contribution in [0.25, 0.3) is 10.9 Å². The Hall–Kier alpha value is -2.97. The normalized spacial score (nSPS) is 18.2. The van der Waals surface area contributed by atoms with Crippen molar-refractivity contribution in [3.8, 4) is 5.75 Å². The SMILES string of the molecule is CC1(c2cc(Nc3cccc4cc(OCCF)cnc34)ccc2F)COCC(N)=N1.Cl. The zero-order chi connectivity index (χ0) is 21.1. The van der Waals surface area contributed by atoms with E-state index in [-0.39, 0.29) is 38.0 Å². The van der Waals surface area contributed by atoms with Gasteiger partial charge in [0.25, 0.3) is 0 Å². The number of nitrogens with one attached hydrogen (secondary N) is 1. The molecule has 0 radical (unpaired) electrons. The Morgan fingerprint density at radius 3 is 2.87 bits per heavy atom. The molecule has 9 heteroatoms. The molecule has 4 rings (SSSR count). The van der Waals surface area contributed by atoms with E-state index in [0.29, 0.717) is 28.4 Å². The van der Waals surface area contributed by atoms with Gasteiger partial charge >= 0.3 is 0 Å². The first-order valence-corrected chi connectivity index (χ1v) is 9.55. The summed E-state index contributed by atoms with van der Waals surface area (Å²) in [4.78, 5) is 8.87. The van der Waals surface area contributed by atoms with Gasteiger partial charge < -0.3 is 20.5 Å². The zero-order valence-electron chi connectivity index (χ0n) is 16.9. The number of alkyl halides is 1. The predicted octanol–water partition coefficient (Wildman–Crippen LogP) is 4.49. The lowest BCUT2D eigenvalue weighted by molar-refractivity contribution is 0.104. The summed E-state index contributed by atoms with van der Waals surface area (Å²) in [7, 11) is 0. The standard InChI is InChI=1S/C22H22F2N4O2.ClH/c1-22(13-29-12-20(25)28-22)17-10-15(5-6-18(17)24)27-19-4-2-3-14-9-16(30-8-7-23)11-26-21(14)19;/h2-6,9-11,27H,7-8,12-13H2,1H3,(H2,25,28);1H. The smallest absolute Gasteiger partial charge is 0.138 e. The third-order valence-corrected chi connectivity index (χ3v) is 4.88. The van der Waals surface area contributed by atoms with Gasteiger partial charge in [-0.2, -0.15) is 0 Å². The predicted molar refractivity (Wildman–Crippen MR) is 120 cm³/mol. The number of hydrogen-bond acceptors (Lipinski definition) is 6. The Balaban J connectivity index is 0.00000272. The summed E-state index contributed by atoms with van der Waals surface area (Å²) in [6.07, 6.45) is 1.55. The number of pyridine rings is 1. The highest BCUT2D eigenvalue weighted by atomic mass is 35.5. The number of hydrogen-bond donors (Lipinski definition) is 2. The fourth-order valence-corrected chi connectivity index (χ4v) is 3.52. The summed E-state index contributed by atoms with van der Waals surface area (Å²) in [6, 6.07) is 12.2. The van der Waals surface area contributed by atoms with Crippen LogP contribution in [0.15, 0.2) is 53.7 Å². The minimum Gasteiger partial charge on any atom is -0.489 e. The van der Waals surface area contributed by atoms with Crippen molar-refractivity contribution < 1.29 is 18.3 Å². The van der Waals surface area contributed by atoms with Gasteiger partial charge in [0.1, 0.15) is 42.8 Å². The molecule has 1 aliphatic rings. The number of rotatable bonds is 6. The molecule has 0 spiro atoms. The molecule has 0 bridgehead atoms. The molecule has 0 aliphatic carbocycles. The number of ether oxygens (including phenoxy) is 2. The highest BCUT2D eigenvalue weighted by molar-refractivity contribution is 5.92. The second-order valence-electron chi connectivity index (χ2n) is 7.28. The fourth-order valence-electron chi connectivity index (χ4n) is 3.52. The summed E-state index contributed by atoms with van der Waals surface area (Å²) in [5, 5.41) is 4.13. The molecule has 164 valence electrons. The van der Waals surface area contributed by atoms with Crippen molar-refractivity contribution >= 4 is 40.5 Å². The second-order valence-corrected chi connectivity index (χ2v) is 7.28. The van der Waals surface area contributed by atoms with Crippen LogP contribution in [0.1, 0.15) is 12.5 Å². The van der Waals surface area contributed by atoms with Crippen molar-refractivity contribution in [3.63, 3.8) is 0 Å². The number of benzene rings is 2. The van der Waals surface area contributed by atoms with E-state index in [1.165, 1.54) is 6.07 Å². The maximum Gasteiger partial charge on any atom is 0.138 e. The molecular formula is C22H23ClF2N4O2. The van der Waals surface area contributed by atoms with Gasteiger partial charge in [-0.15, -0.1) is 12.4 Å². The third kappa shape index (κ3) is 4.86. The maximum absolute atomic E-state index is 14.6. The molecule has 2 heterocycles. The number of halogens is 3. The number of anilines is 2. The van der Waals surface area contributed by atoms with Gasteiger partial charge in [0.2, 0.25) is 0 Å².